The summed E-state index contributed by atoms with van der Waals surface area (Å²) in [5.74, 6) is 0.775. The molecule has 0 N–H and O–H groups in total. The maximum Gasteiger partial charge on any atom is 0.00868 e. The van der Waals surface area contributed by atoms with Crippen LogP contribution in [0.4, 0.5) is 0 Å². The smallest absolute Gasteiger partial charge is 0.00868 e. The Hall–Kier alpha value is -0.0400. The maximum absolute atomic E-state index is 2.47. The summed E-state index contributed by atoms with van der Waals surface area (Å²) >= 11 is 0. The molecule has 0 amide bonds. The van der Waals surface area contributed by atoms with E-state index >= 15 is 0 Å². The molecule has 0 bridgehead atoms. The third-order valence-corrected chi connectivity index (χ3v) is 2.77. The molecule has 12 heavy (non-hydrogen) atoms. The topological polar surface area (TPSA) is 3.24 Å². The van der Waals surface area contributed by atoms with E-state index in [9.17, 15) is 0 Å². The lowest BCUT2D eigenvalue weighted by atomic mass is 10.0. The number of hydrogen-bond donors (Lipinski definition) is 0. The van der Waals surface area contributed by atoms with Gasteiger partial charge < -0.3 is 4.90 Å². The molecule has 1 heteroatoms. The zero-order valence-electron chi connectivity index (χ0n) is 9.43. The summed E-state index contributed by atoms with van der Waals surface area (Å²) in [7, 11) is 2.24. The van der Waals surface area contributed by atoms with Crippen molar-refractivity contribution in [1.82, 2.24) is 4.90 Å². The first-order chi connectivity index (χ1) is 5.59. The van der Waals surface area contributed by atoms with Crippen LogP contribution >= 0.6 is 0 Å². The first-order valence-electron chi connectivity index (χ1n) is 5.29. The van der Waals surface area contributed by atoms with E-state index in [1.807, 2.05) is 0 Å². The standard InChI is InChI=1S/C11H25N/c1-6-7-8-9-12(5)11(4)10(2)3/h10-11H,6-9H2,1-5H3. The highest BCUT2D eigenvalue weighted by Crippen LogP contribution is 2.08. The van der Waals surface area contributed by atoms with Crippen molar-refractivity contribution in [3.05, 3.63) is 0 Å². The van der Waals surface area contributed by atoms with E-state index in [-0.39, 0.29) is 0 Å². The van der Waals surface area contributed by atoms with Gasteiger partial charge in [0.15, 0.2) is 0 Å². The second-order valence-electron chi connectivity index (χ2n) is 4.17. The van der Waals surface area contributed by atoms with Crippen molar-refractivity contribution >= 4 is 0 Å². The Morgan fingerprint density at radius 3 is 2.08 bits per heavy atom. The van der Waals surface area contributed by atoms with Crippen LogP contribution in [0.5, 0.6) is 0 Å². The van der Waals surface area contributed by atoms with Gasteiger partial charge in [0.25, 0.3) is 0 Å². The number of nitrogens with zero attached hydrogens (tertiary/aromatic N) is 1. The van der Waals surface area contributed by atoms with Gasteiger partial charge in [-0.2, -0.15) is 0 Å². The van der Waals surface area contributed by atoms with Crippen molar-refractivity contribution in [2.45, 2.75) is 53.0 Å². The van der Waals surface area contributed by atoms with E-state index in [0.717, 1.165) is 12.0 Å². The molecular formula is C11H25N. The van der Waals surface area contributed by atoms with Gasteiger partial charge in [0.05, 0.1) is 0 Å². The van der Waals surface area contributed by atoms with Crippen LogP contribution in [0.15, 0.2) is 0 Å². The molecule has 0 aromatic rings. The van der Waals surface area contributed by atoms with Gasteiger partial charge in [-0.1, -0.05) is 33.6 Å². The molecule has 0 fully saturated rings. The average Bonchev–Trinajstić information content (AvgIpc) is 2.03. The van der Waals surface area contributed by atoms with Crippen LogP contribution in [0.25, 0.3) is 0 Å². The minimum Gasteiger partial charge on any atom is -0.303 e. The van der Waals surface area contributed by atoms with Crippen LogP contribution in [0.3, 0.4) is 0 Å². The van der Waals surface area contributed by atoms with E-state index in [1.165, 1.54) is 25.8 Å². The molecule has 1 atom stereocenters. The summed E-state index contributed by atoms with van der Waals surface area (Å²) in [5.41, 5.74) is 0. The predicted molar refractivity (Wildman–Crippen MR) is 56.5 cm³/mol. The normalized spacial score (nSPS) is 14.2. The van der Waals surface area contributed by atoms with E-state index in [0.29, 0.717) is 0 Å². The van der Waals surface area contributed by atoms with Crippen molar-refractivity contribution in [3.63, 3.8) is 0 Å². The second kappa shape index (κ2) is 6.47. The van der Waals surface area contributed by atoms with Crippen molar-refractivity contribution in [1.29, 1.82) is 0 Å². The SMILES string of the molecule is CCCCCN(C)C(C)C(C)C. The van der Waals surface area contributed by atoms with E-state index in [1.54, 1.807) is 0 Å². The minimum atomic E-state index is 0.724. The molecule has 0 radical (unpaired) electrons. The van der Waals surface area contributed by atoms with Crippen LogP contribution in [0, 0.1) is 5.92 Å². The molecule has 1 unspecified atom stereocenters. The Labute approximate surface area is 78.1 Å². The highest BCUT2D eigenvalue weighted by atomic mass is 15.1. The maximum atomic E-state index is 2.47. The molecule has 1 nitrogen and oxygen atoms in total. The van der Waals surface area contributed by atoms with Gasteiger partial charge in [0, 0.05) is 6.04 Å². The van der Waals surface area contributed by atoms with Gasteiger partial charge in [-0.15, -0.1) is 0 Å². The summed E-state index contributed by atoms with van der Waals surface area (Å²) in [4.78, 5) is 2.47. The summed E-state index contributed by atoms with van der Waals surface area (Å²) in [5, 5.41) is 0. The van der Waals surface area contributed by atoms with Gasteiger partial charge in [0.1, 0.15) is 0 Å². The van der Waals surface area contributed by atoms with Gasteiger partial charge in [-0.05, 0) is 32.9 Å². The average molecular weight is 171 g/mol. The van der Waals surface area contributed by atoms with Crippen molar-refractivity contribution < 1.29 is 0 Å². The summed E-state index contributed by atoms with van der Waals surface area (Å²) in [6.45, 7) is 10.4. The van der Waals surface area contributed by atoms with Gasteiger partial charge in [-0.3, -0.25) is 0 Å². The highest BCUT2D eigenvalue weighted by Gasteiger charge is 2.11. The molecule has 0 aliphatic rings. The van der Waals surface area contributed by atoms with Crippen LogP contribution in [0.2, 0.25) is 0 Å². The second-order valence-corrected chi connectivity index (χ2v) is 4.17. The lowest BCUT2D eigenvalue weighted by Crippen LogP contribution is -2.33. The lowest BCUT2D eigenvalue weighted by molar-refractivity contribution is 0.204. The van der Waals surface area contributed by atoms with Crippen LogP contribution < -0.4 is 0 Å². The Morgan fingerprint density at radius 1 is 1.08 bits per heavy atom. The van der Waals surface area contributed by atoms with Crippen molar-refractivity contribution in [2.75, 3.05) is 13.6 Å². The molecule has 0 spiro atoms. The lowest BCUT2D eigenvalue weighted by Gasteiger charge is -2.27. The fraction of sp³-hybridized carbons (Fsp3) is 1.00. The molecule has 0 aliphatic heterocycles. The van der Waals surface area contributed by atoms with Crippen molar-refractivity contribution in [2.24, 2.45) is 5.92 Å². The van der Waals surface area contributed by atoms with E-state index in [2.05, 4.69) is 39.6 Å². The van der Waals surface area contributed by atoms with E-state index < -0.39 is 0 Å². The number of hydrogen-bond acceptors (Lipinski definition) is 1. The fourth-order valence-corrected chi connectivity index (χ4v) is 1.32. The Bertz CT molecular complexity index is 99.2. The summed E-state index contributed by atoms with van der Waals surface area (Å²) < 4.78 is 0. The summed E-state index contributed by atoms with van der Waals surface area (Å²) in [6, 6.07) is 0.724. The highest BCUT2D eigenvalue weighted by molar-refractivity contribution is 4.66. The molecule has 0 heterocycles. The molecule has 0 saturated carbocycles. The van der Waals surface area contributed by atoms with Crippen LogP contribution in [0.1, 0.15) is 47.0 Å². The quantitative estimate of drug-likeness (QED) is 0.555. The molecule has 0 rings (SSSR count). The molecule has 0 aliphatic carbocycles. The van der Waals surface area contributed by atoms with Gasteiger partial charge in [-0.25, -0.2) is 0 Å². The number of unbranched alkanes of at least 4 members (excludes halogenated alkanes) is 2. The minimum absolute atomic E-state index is 0.724. The fourth-order valence-electron chi connectivity index (χ4n) is 1.32. The first kappa shape index (κ1) is 12.0. The third kappa shape index (κ3) is 4.76. The third-order valence-electron chi connectivity index (χ3n) is 2.77. The van der Waals surface area contributed by atoms with E-state index in [4.69, 9.17) is 0 Å². The first-order valence-corrected chi connectivity index (χ1v) is 5.29. The van der Waals surface area contributed by atoms with Crippen molar-refractivity contribution in [3.8, 4) is 0 Å². The Morgan fingerprint density at radius 2 is 1.67 bits per heavy atom. The molecule has 74 valence electrons. The summed E-state index contributed by atoms with van der Waals surface area (Å²) in [6.07, 6.45) is 4.04. The zero-order chi connectivity index (χ0) is 9.56. The molecule has 0 aromatic carbocycles. The van der Waals surface area contributed by atoms with Gasteiger partial charge >= 0.3 is 0 Å². The molecule has 0 saturated heterocycles. The Kier molecular flexibility index (Phi) is 6.45. The predicted octanol–water partition coefficient (Wildman–Crippen LogP) is 3.15. The zero-order valence-corrected chi connectivity index (χ0v) is 9.43. The van der Waals surface area contributed by atoms with Crippen LogP contribution in [-0.2, 0) is 0 Å². The molecule has 0 aromatic heterocycles. The molecular weight excluding hydrogens is 146 g/mol. The Balaban J connectivity index is 3.49. The number of rotatable bonds is 6. The largest absolute Gasteiger partial charge is 0.303 e. The van der Waals surface area contributed by atoms with Crippen LogP contribution in [-0.4, -0.2) is 24.5 Å². The monoisotopic (exact) mass is 171 g/mol. The van der Waals surface area contributed by atoms with Gasteiger partial charge in [0.2, 0.25) is 0 Å².